The van der Waals surface area contributed by atoms with E-state index in [2.05, 4.69) is 0 Å². The van der Waals surface area contributed by atoms with E-state index in [1.807, 2.05) is 0 Å². The van der Waals surface area contributed by atoms with Gasteiger partial charge in [0.1, 0.15) is 5.97 Å². The molecule has 0 aliphatic heterocycles. The summed E-state index contributed by atoms with van der Waals surface area (Å²) in [5, 5.41) is 5.12. The summed E-state index contributed by atoms with van der Waals surface area (Å²) in [6.45, 7) is 3.82. The summed E-state index contributed by atoms with van der Waals surface area (Å²) in [5.74, 6) is -8.23. The van der Waals surface area contributed by atoms with Crippen LogP contribution >= 0.6 is 11.8 Å². The van der Waals surface area contributed by atoms with Crippen LogP contribution in [0.2, 0.25) is 0 Å². The number of carboxylic acids is 1. The summed E-state index contributed by atoms with van der Waals surface area (Å²) >= 11 is -0.410. The quantitative estimate of drug-likeness (QED) is 0.456. The number of carboxylic acid groups (broad SMARTS) is 1. The Morgan fingerprint density at radius 2 is 1.47 bits per heavy atom. The Balaban J connectivity index is 0. The number of hydrogen-bond acceptors (Lipinski definition) is 3. The maximum atomic E-state index is 12.7. The van der Waals surface area contributed by atoms with Gasteiger partial charge < -0.3 is 9.90 Å². The number of alkyl halides is 4. The Hall–Kier alpha value is 0.540. The van der Waals surface area contributed by atoms with Gasteiger partial charge in [0.15, 0.2) is 0 Å². The van der Waals surface area contributed by atoms with Gasteiger partial charge in [-0.3, -0.25) is 0 Å². The van der Waals surface area contributed by atoms with Gasteiger partial charge >= 0.3 is 40.7 Å². The number of halogens is 4. The molecule has 0 spiro atoms. The van der Waals surface area contributed by atoms with Crippen molar-refractivity contribution < 1.29 is 57.0 Å². The summed E-state index contributed by atoms with van der Waals surface area (Å²) in [6.07, 6.45) is 0. The minimum absolute atomic E-state index is 0. The van der Waals surface area contributed by atoms with Gasteiger partial charge in [-0.05, 0) is 0 Å². The second-order valence-corrected chi connectivity index (χ2v) is 5.53. The van der Waals surface area contributed by atoms with Gasteiger partial charge in [0.2, 0.25) is 0 Å². The predicted molar refractivity (Wildman–Crippen MR) is 42.2 cm³/mol. The molecule has 0 aromatic heterocycles. The summed E-state index contributed by atoms with van der Waals surface area (Å²) < 4.78 is 49.1. The molecule has 0 N–H and O–H groups in total. The van der Waals surface area contributed by atoms with Crippen molar-refractivity contribution in [2.75, 3.05) is 0 Å². The van der Waals surface area contributed by atoms with Crippen molar-refractivity contribution in [2.45, 2.75) is 36.7 Å². The van der Waals surface area contributed by atoms with Crippen molar-refractivity contribution in [1.29, 1.82) is 0 Å². The van der Waals surface area contributed by atoms with Gasteiger partial charge in [-0.2, -0.15) is 17.6 Å². The molecule has 0 saturated heterocycles. The smallest absolute Gasteiger partial charge is 0.544 e. The van der Waals surface area contributed by atoms with E-state index in [-0.39, 0.29) is 29.6 Å². The molecule has 84 valence electrons. The minimum atomic E-state index is -5.16. The van der Waals surface area contributed by atoms with E-state index in [0.29, 0.717) is 0 Å². The van der Waals surface area contributed by atoms with Gasteiger partial charge in [0.05, 0.1) is 0 Å². The first kappa shape index (κ1) is 17.9. The van der Waals surface area contributed by atoms with Gasteiger partial charge in [-0.1, -0.05) is 32.5 Å². The van der Waals surface area contributed by atoms with Crippen molar-refractivity contribution >= 4 is 17.7 Å². The van der Waals surface area contributed by atoms with Crippen LogP contribution in [0.3, 0.4) is 0 Å². The zero-order valence-electron chi connectivity index (χ0n) is 8.74. The second-order valence-electron chi connectivity index (χ2n) is 3.59. The van der Waals surface area contributed by atoms with Crippen LogP contribution < -0.4 is 34.7 Å². The molecule has 0 aliphatic rings. The Morgan fingerprint density at radius 1 is 1.13 bits per heavy atom. The molecular formula is C7H9F4NaO2S. The van der Waals surface area contributed by atoms with Gasteiger partial charge in [0.25, 0.3) is 0 Å². The number of carbonyl (C=O) groups is 1. The SMILES string of the molecule is CC(C)(C)SC(F)(F)C(F)(F)C(=O)[O-].[Na+]. The third-order valence-corrected chi connectivity index (χ3v) is 2.18. The van der Waals surface area contributed by atoms with Crippen LogP contribution in [0, 0.1) is 0 Å². The first-order valence-electron chi connectivity index (χ1n) is 3.57. The Bertz CT molecular complexity index is 240. The van der Waals surface area contributed by atoms with Crippen LogP contribution in [-0.2, 0) is 4.79 Å². The molecule has 0 amide bonds. The molecule has 0 saturated carbocycles. The molecule has 2 nitrogen and oxygen atoms in total. The molecule has 0 bridgehead atoms. The van der Waals surface area contributed by atoms with E-state index in [1.165, 1.54) is 20.8 Å². The summed E-state index contributed by atoms with van der Waals surface area (Å²) in [5.41, 5.74) is 0. The van der Waals surface area contributed by atoms with Crippen molar-refractivity contribution in [2.24, 2.45) is 0 Å². The molecule has 8 heteroatoms. The standard InChI is InChI=1S/C7H10F4O2S.Na/c1-5(2,3)14-7(10,11)6(8,9)4(12)13;/h1-3H3,(H,12,13);/q;+1/p-1. The molecular weight excluding hydrogens is 247 g/mol. The Morgan fingerprint density at radius 3 is 1.67 bits per heavy atom. The van der Waals surface area contributed by atoms with E-state index < -0.39 is 33.7 Å². The fourth-order valence-electron chi connectivity index (χ4n) is 0.567. The van der Waals surface area contributed by atoms with Crippen LogP contribution in [0.4, 0.5) is 17.6 Å². The number of carbonyl (C=O) groups excluding carboxylic acids is 1. The molecule has 0 unspecified atom stereocenters. The number of rotatable bonds is 3. The molecule has 0 atom stereocenters. The average Bonchev–Trinajstić information content (AvgIpc) is 1.80. The first-order valence-corrected chi connectivity index (χ1v) is 4.39. The number of thioether (sulfide) groups is 1. The van der Waals surface area contributed by atoms with Crippen molar-refractivity contribution in [3.63, 3.8) is 0 Å². The molecule has 0 heterocycles. The average molecular weight is 256 g/mol. The van der Waals surface area contributed by atoms with Gasteiger partial charge in [-0.15, -0.1) is 0 Å². The molecule has 0 fully saturated rings. The topological polar surface area (TPSA) is 40.1 Å². The van der Waals surface area contributed by atoms with Crippen LogP contribution in [0.15, 0.2) is 0 Å². The van der Waals surface area contributed by atoms with E-state index in [4.69, 9.17) is 0 Å². The Kier molecular flexibility index (Phi) is 6.27. The van der Waals surface area contributed by atoms with Crippen LogP contribution in [0.25, 0.3) is 0 Å². The summed E-state index contributed by atoms with van der Waals surface area (Å²) in [7, 11) is 0. The zero-order valence-corrected chi connectivity index (χ0v) is 11.6. The number of aliphatic carboxylic acids is 1. The maximum Gasteiger partial charge on any atom is 1.00 e. The summed E-state index contributed by atoms with van der Waals surface area (Å²) in [4.78, 5) is 9.80. The van der Waals surface area contributed by atoms with Crippen molar-refractivity contribution in [3.8, 4) is 0 Å². The zero-order chi connectivity index (χ0) is 11.8. The second kappa shape index (κ2) is 5.25. The van der Waals surface area contributed by atoms with Crippen LogP contribution in [0.5, 0.6) is 0 Å². The molecule has 0 rings (SSSR count). The largest absolute Gasteiger partial charge is 1.00 e. The maximum absolute atomic E-state index is 12.7. The minimum Gasteiger partial charge on any atom is -0.544 e. The van der Waals surface area contributed by atoms with E-state index in [9.17, 15) is 27.5 Å². The molecule has 15 heavy (non-hydrogen) atoms. The number of hydrogen-bond donors (Lipinski definition) is 0. The molecule has 0 aliphatic carbocycles. The van der Waals surface area contributed by atoms with Gasteiger partial charge in [-0.25, -0.2) is 0 Å². The normalized spacial score (nSPS) is 13.3. The fourth-order valence-corrected chi connectivity index (χ4v) is 1.55. The molecule has 0 radical (unpaired) electrons. The van der Waals surface area contributed by atoms with Crippen LogP contribution in [-0.4, -0.2) is 21.9 Å². The summed E-state index contributed by atoms with van der Waals surface area (Å²) in [6, 6.07) is 0. The molecule has 0 aromatic rings. The van der Waals surface area contributed by atoms with Crippen molar-refractivity contribution in [1.82, 2.24) is 0 Å². The monoisotopic (exact) mass is 256 g/mol. The third kappa shape index (κ3) is 4.93. The first-order chi connectivity index (χ1) is 5.90. The van der Waals surface area contributed by atoms with Gasteiger partial charge in [0, 0.05) is 4.75 Å². The van der Waals surface area contributed by atoms with E-state index >= 15 is 0 Å². The van der Waals surface area contributed by atoms with E-state index in [1.54, 1.807) is 0 Å². The van der Waals surface area contributed by atoms with Crippen LogP contribution in [0.1, 0.15) is 20.8 Å². The molecule has 0 aromatic carbocycles. The van der Waals surface area contributed by atoms with E-state index in [0.717, 1.165) is 0 Å². The predicted octanol–water partition coefficient (Wildman–Crippen LogP) is -1.50. The Labute approximate surface area is 111 Å². The fraction of sp³-hybridized carbons (Fsp3) is 0.857. The third-order valence-electron chi connectivity index (χ3n) is 1.06. The van der Waals surface area contributed by atoms with Crippen molar-refractivity contribution in [3.05, 3.63) is 0 Å².